The molecular weight excluding hydrogens is 280 g/mol. The molecule has 126 valence electrons. The van der Waals surface area contributed by atoms with Gasteiger partial charge in [0.15, 0.2) is 5.78 Å². The molecule has 0 aromatic heterocycles. The maximum atomic E-state index is 11.6. The molecule has 0 fully saturated rings. The van der Waals surface area contributed by atoms with Crippen molar-refractivity contribution in [3.05, 3.63) is 12.2 Å². The summed E-state index contributed by atoms with van der Waals surface area (Å²) in [6, 6.07) is 0. The largest absolute Gasteiger partial charge is 0.466 e. The van der Waals surface area contributed by atoms with Crippen LogP contribution in [0.1, 0.15) is 71.6 Å². The van der Waals surface area contributed by atoms with Crippen LogP contribution in [0.25, 0.3) is 0 Å². The monoisotopic (exact) mass is 310 g/mol. The minimum absolute atomic E-state index is 0.0464. The van der Waals surface area contributed by atoms with Crippen molar-refractivity contribution < 1.29 is 19.4 Å². The zero-order valence-corrected chi connectivity index (χ0v) is 14.0. The molecule has 0 aliphatic heterocycles. The highest BCUT2D eigenvalue weighted by molar-refractivity contribution is 5.93. The van der Waals surface area contributed by atoms with Crippen molar-refractivity contribution in [1.82, 2.24) is 0 Å². The van der Waals surface area contributed by atoms with Crippen LogP contribution in [0, 0.1) is 5.41 Å². The van der Waals surface area contributed by atoms with Crippen molar-refractivity contribution in [2.45, 2.75) is 77.7 Å². The fourth-order valence-corrected chi connectivity index (χ4v) is 3.03. The maximum absolute atomic E-state index is 11.6. The topological polar surface area (TPSA) is 63.6 Å². The highest BCUT2D eigenvalue weighted by Crippen LogP contribution is 2.40. The first kappa shape index (κ1) is 18.9. The van der Waals surface area contributed by atoms with E-state index in [1.807, 2.05) is 6.92 Å². The third kappa shape index (κ3) is 7.21. The Kier molecular flexibility index (Phi) is 8.39. The molecule has 0 spiro atoms. The average Bonchev–Trinajstić information content (AvgIpc) is 2.83. The summed E-state index contributed by atoms with van der Waals surface area (Å²) in [5.74, 6) is 0.0909. The quantitative estimate of drug-likeness (QED) is 0.468. The molecule has 0 amide bonds. The molecule has 2 atom stereocenters. The molecule has 0 aromatic rings. The van der Waals surface area contributed by atoms with Gasteiger partial charge in [-0.05, 0) is 51.0 Å². The number of esters is 1. The number of hydrogen-bond donors (Lipinski definition) is 1. The molecule has 1 aliphatic carbocycles. The number of rotatable bonds is 11. The minimum Gasteiger partial charge on any atom is -0.466 e. The van der Waals surface area contributed by atoms with E-state index >= 15 is 0 Å². The molecule has 0 heterocycles. The van der Waals surface area contributed by atoms with Crippen molar-refractivity contribution in [2.75, 3.05) is 6.61 Å². The van der Waals surface area contributed by atoms with Crippen LogP contribution in [0.2, 0.25) is 0 Å². The van der Waals surface area contributed by atoms with Crippen LogP contribution in [0.5, 0.6) is 0 Å². The number of hydrogen-bond acceptors (Lipinski definition) is 4. The Morgan fingerprint density at radius 3 is 2.64 bits per heavy atom. The van der Waals surface area contributed by atoms with Gasteiger partial charge >= 0.3 is 5.97 Å². The van der Waals surface area contributed by atoms with E-state index in [9.17, 15) is 14.7 Å². The summed E-state index contributed by atoms with van der Waals surface area (Å²) < 4.78 is 4.90. The molecule has 0 saturated heterocycles. The highest BCUT2D eigenvalue weighted by atomic mass is 16.5. The number of aliphatic hydroxyl groups is 1. The normalized spacial score (nSPS) is 22.0. The molecule has 1 unspecified atom stereocenters. The van der Waals surface area contributed by atoms with Gasteiger partial charge in [-0.3, -0.25) is 9.59 Å². The van der Waals surface area contributed by atoms with Crippen LogP contribution >= 0.6 is 0 Å². The fraction of sp³-hybridized carbons (Fsp3) is 0.778. The van der Waals surface area contributed by atoms with Gasteiger partial charge in [-0.2, -0.15) is 0 Å². The summed E-state index contributed by atoms with van der Waals surface area (Å²) in [5.41, 5.74) is -0.0464. The Morgan fingerprint density at radius 1 is 1.32 bits per heavy atom. The Labute approximate surface area is 133 Å². The van der Waals surface area contributed by atoms with Gasteiger partial charge < -0.3 is 9.84 Å². The molecule has 1 N–H and O–H groups in total. The summed E-state index contributed by atoms with van der Waals surface area (Å²) in [5, 5.41) is 9.48. The van der Waals surface area contributed by atoms with Gasteiger partial charge in [-0.15, -0.1) is 0 Å². The van der Waals surface area contributed by atoms with E-state index in [1.54, 1.807) is 13.0 Å². The standard InChI is InChI=1S/C18H30O4/c1-3-22-17(21)8-6-4-5-7-11-18(12-9-15(2)19)13-10-16(20)14-18/h10,13,15,19H,3-9,11-12,14H2,1-2H3/t15?,18-/m0/s1. The molecule has 22 heavy (non-hydrogen) atoms. The predicted molar refractivity (Wildman–Crippen MR) is 86.4 cm³/mol. The van der Waals surface area contributed by atoms with Crippen molar-refractivity contribution in [2.24, 2.45) is 5.41 Å². The van der Waals surface area contributed by atoms with Gasteiger partial charge in [-0.1, -0.05) is 25.3 Å². The van der Waals surface area contributed by atoms with E-state index in [1.165, 1.54) is 0 Å². The highest BCUT2D eigenvalue weighted by Gasteiger charge is 2.33. The molecule has 0 radical (unpaired) electrons. The van der Waals surface area contributed by atoms with E-state index in [2.05, 4.69) is 6.08 Å². The van der Waals surface area contributed by atoms with Crippen LogP contribution in [0.4, 0.5) is 0 Å². The van der Waals surface area contributed by atoms with Gasteiger partial charge in [0.2, 0.25) is 0 Å². The molecule has 4 heteroatoms. The SMILES string of the molecule is CCOC(=O)CCCCCC[C@]1(CCC(C)O)C=CC(=O)C1. The number of allylic oxidation sites excluding steroid dienone is 2. The van der Waals surface area contributed by atoms with Crippen molar-refractivity contribution >= 4 is 11.8 Å². The number of ether oxygens (including phenoxy) is 1. The second-order valence-corrected chi connectivity index (χ2v) is 6.45. The van der Waals surface area contributed by atoms with E-state index in [0.717, 1.165) is 44.9 Å². The lowest BCUT2D eigenvalue weighted by Crippen LogP contribution is -2.19. The summed E-state index contributed by atoms with van der Waals surface area (Å²) in [7, 11) is 0. The van der Waals surface area contributed by atoms with Crippen molar-refractivity contribution in [3.63, 3.8) is 0 Å². The molecule has 0 bridgehead atoms. The van der Waals surface area contributed by atoms with Gasteiger partial charge in [0.25, 0.3) is 0 Å². The maximum Gasteiger partial charge on any atom is 0.305 e. The van der Waals surface area contributed by atoms with Crippen LogP contribution in [-0.4, -0.2) is 29.6 Å². The first-order valence-electron chi connectivity index (χ1n) is 8.53. The molecular formula is C18H30O4. The van der Waals surface area contributed by atoms with Crippen molar-refractivity contribution in [1.29, 1.82) is 0 Å². The molecule has 0 aromatic carbocycles. The smallest absolute Gasteiger partial charge is 0.305 e. The lowest BCUT2D eigenvalue weighted by Gasteiger charge is -2.27. The number of unbranched alkanes of at least 4 members (excludes halogenated alkanes) is 3. The van der Waals surface area contributed by atoms with E-state index in [-0.39, 0.29) is 23.3 Å². The Bertz CT molecular complexity index is 387. The number of carbonyl (C=O) groups is 2. The molecule has 1 rings (SSSR count). The average molecular weight is 310 g/mol. The summed E-state index contributed by atoms with van der Waals surface area (Å²) in [6.07, 6.45) is 11.1. The van der Waals surface area contributed by atoms with E-state index in [0.29, 0.717) is 19.4 Å². The lowest BCUT2D eigenvalue weighted by atomic mass is 9.77. The van der Waals surface area contributed by atoms with Gasteiger partial charge in [0, 0.05) is 12.8 Å². The van der Waals surface area contributed by atoms with Gasteiger partial charge in [-0.25, -0.2) is 0 Å². The van der Waals surface area contributed by atoms with Crippen LogP contribution in [0.3, 0.4) is 0 Å². The van der Waals surface area contributed by atoms with Crippen LogP contribution in [0.15, 0.2) is 12.2 Å². The minimum atomic E-state index is -0.314. The Morgan fingerprint density at radius 2 is 2.05 bits per heavy atom. The van der Waals surface area contributed by atoms with Crippen molar-refractivity contribution in [3.8, 4) is 0 Å². The summed E-state index contributed by atoms with van der Waals surface area (Å²) >= 11 is 0. The zero-order valence-electron chi connectivity index (χ0n) is 14.0. The number of carbonyl (C=O) groups excluding carboxylic acids is 2. The zero-order chi connectivity index (χ0) is 16.4. The van der Waals surface area contributed by atoms with Gasteiger partial charge in [0.1, 0.15) is 0 Å². The Hall–Kier alpha value is -1.16. The molecule has 4 nitrogen and oxygen atoms in total. The van der Waals surface area contributed by atoms with E-state index in [4.69, 9.17) is 4.74 Å². The third-order valence-electron chi connectivity index (χ3n) is 4.32. The van der Waals surface area contributed by atoms with Gasteiger partial charge in [0.05, 0.1) is 12.7 Å². The first-order chi connectivity index (χ1) is 10.5. The molecule has 0 saturated carbocycles. The third-order valence-corrected chi connectivity index (χ3v) is 4.32. The summed E-state index contributed by atoms with van der Waals surface area (Å²) in [4.78, 5) is 22.8. The number of aliphatic hydroxyl groups excluding tert-OH is 1. The van der Waals surface area contributed by atoms with Crippen LogP contribution in [-0.2, 0) is 14.3 Å². The van der Waals surface area contributed by atoms with E-state index < -0.39 is 0 Å². The number of ketones is 1. The lowest BCUT2D eigenvalue weighted by molar-refractivity contribution is -0.143. The fourth-order valence-electron chi connectivity index (χ4n) is 3.03. The molecule has 1 aliphatic rings. The predicted octanol–water partition coefficient (Wildman–Crippen LogP) is 3.57. The van der Waals surface area contributed by atoms with Crippen LogP contribution < -0.4 is 0 Å². The second-order valence-electron chi connectivity index (χ2n) is 6.45. The first-order valence-corrected chi connectivity index (χ1v) is 8.53. The Balaban J connectivity index is 2.23. The summed E-state index contributed by atoms with van der Waals surface area (Å²) in [6.45, 7) is 4.07. The second kappa shape index (κ2) is 9.78.